The highest BCUT2D eigenvalue weighted by Crippen LogP contribution is 2.68. The lowest BCUT2D eigenvalue weighted by atomic mass is 9.44. The molecule has 0 spiro atoms. The second-order valence-corrected chi connectivity index (χ2v) is 18.3. The molecule has 328 valence electrons. The standard InChI is InChI=1S/C41H66N4O13/c1-25(4-11-34(47)48)29-7-8-30-28-6-5-26-20-27(12-14-40(26,2)31(28)13-15-41(29,30)3)42-33(46)10-9-32(39(57)58)45(18-16-43(21-35(49)50)22-36(51)52)19-17-44(23-37(53)54)24-38(55)56/h25-32H,4-24H2,1-3H3,(H,42,46)(H,47,48)(H,49,50)(H,51,52)(H,53,54)(H,55,56)(H,57,58)/t25?,26?,27-,28?,29+,30?,31?,32+,40-,41+/m0/s1. The Kier molecular flexibility index (Phi) is 16.5. The third kappa shape index (κ3) is 12.1. The Labute approximate surface area is 340 Å². The third-order valence-electron chi connectivity index (χ3n) is 14.8. The summed E-state index contributed by atoms with van der Waals surface area (Å²) in [5.41, 5.74) is 0.404. The first-order chi connectivity index (χ1) is 27.2. The summed E-state index contributed by atoms with van der Waals surface area (Å²) < 4.78 is 0. The Morgan fingerprint density at radius 2 is 1.16 bits per heavy atom. The zero-order chi connectivity index (χ0) is 42.9. The van der Waals surface area contributed by atoms with E-state index >= 15 is 0 Å². The minimum absolute atomic E-state index is 0.0532. The van der Waals surface area contributed by atoms with Gasteiger partial charge in [-0.2, -0.15) is 0 Å². The third-order valence-corrected chi connectivity index (χ3v) is 14.8. The molecule has 17 nitrogen and oxygen atoms in total. The van der Waals surface area contributed by atoms with E-state index in [0.717, 1.165) is 48.3 Å². The van der Waals surface area contributed by atoms with Crippen LogP contribution in [-0.4, -0.2) is 152 Å². The number of carbonyl (C=O) groups is 7. The lowest BCUT2D eigenvalue weighted by Gasteiger charge is -2.61. The fraction of sp³-hybridized carbons (Fsp3) is 0.829. The van der Waals surface area contributed by atoms with Gasteiger partial charge in [-0.05, 0) is 117 Å². The molecule has 4 rings (SSSR count). The van der Waals surface area contributed by atoms with Gasteiger partial charge in [0.05, 0.1) is 26.2 Å². The summed E-state index contributed by atoms with van der Waals surface area (Å²) in [4.78, 5) is 86.6. The molecule has 7 N–H and O–H groups in total. The fourth-order valence-electron chi connectivity index (χ4n) is 12.1. The van der Waals surface area contributed by atoms with Crippen molar-refractivity contribution in [3.05, 3.63) is 0 Å². The van der Waals surface area contributed by atoms with Gasteiger partial charge in [-0.3, -0.25) is 48.3 Å². The smallest absolute Gasteiger partial charge is 0.320 e. The van der Waals surface area contributed by atoms with Gasteiger partial charge in [0.15, 0.2) is 0 Å². The van der Waals surface area contributed by atoms with E-state index in [-0.39, 0.29) is 68.2 Å². The van der Waals surface area contributed by atoms with Crippen LogP contribution in [0.4, 0.5) is 0 Å². The van der Waals surface area contributed by atoms with Crippen LogP contribution in [0.3, 0.4) is 0 Å². The molecule has 0 aromatic carbocycles. The molecule has 0 radical (unpaired) electrons. The van der Waals surface area contributed by atoms with Gasteiger partial charge in [-0.25, -0.2) is 0 Å². The predicted octanol–water partition coefficient (Wildman–Crippen LogP) is 3.11. The van der Waals surface area contributed by atoms with E-state index < -0.39 is 68.0 Å². The largest absolute Gasteiger partial charge is 0.481 e. The van der Waals surface area contributed by atoms with E-state index in [4.69, 9.17) is 0 Å². The number of fused-ring (bicyclic) bond motifs is 5. The minimum atomic E-state index is -1.28. The Morgan fingerprint density at radius 3 is 1.67 bits per heavy atom. The quantitative estimate of drug-likeness (QED) is 0.0738. The lowest BCUT2D eigenvalue weighted by Crippen LogP contribution is -2.55. The molecule has 4 aliphatic carbocycles. The number of carbonyl (C=O) groups excluding carboxylic acids is 1. The van der Waals surface area contributed by atoms with Crippen molar-refractivity contribution >= 4 is 41.7 Å². The van der Waals surface area contributed by atoms with E-state index in [9.17, 15) is 64.2 Å². The molecule has 0 aliphatic heterocycles. The molecule has 0 aromatic rings. The predicted molar refractivity (Wildman–Crippen MR) is 209 cm³/mol. The fourth-order valence-corrected chi connectivity index (χ4v) is 12.1. The number of carboxylic acids is 6. The first kappa shape index (κ1) is 46.9. The van der Waals surface area contributed by atoms with Gasteiger partial charge in [0.25, 0.3) is 0 Å². The zero-order valence-electron chi connectivity index (χ0n) is 34.4. The van der Waals surface area contributed by atoms with Crippen molar-refractivity contribution in [1.82, 2.24) is 20.0 Å². The maximum Gasteiger partial charge on any atom is 0.320 e. The summed E-state index contributed by atoms with van der Waals surface area (Å²) >= 11 is 0. The summed E-state index contributed by atoms with van der Waals surface area (Å²) in [6.07, 6.45) is 10.3. The van der Waals surface area contributed by atoms with Gasteiger partial charge in [0.2, 0.25) is 5.91 Å². The molecule has 4 aliphatic rings. The Hall–Kier alpha value is -3.83. The zero-order valence-corrected chi connectivity index (χ0v) is 34.4. The van der Waals surface area contributed by atoms with Crippen LogP contribution in [0.25, 0.3) is 0 Å². The van der Waals surface area contributed by atoms with Crippen LogP contribution in [0.15, 0.2) is 0 Å². The van der Waals surface area contributed by atoms with Crippen molar-refractivity contribution in [3.63, 3.8) is 0 Å². The number of amides is 1. The van der Waals surface area contributed by atoms with Crippen LogP contribution in [0.2, 0.25) is 0 Å². The molecule has 0 saturated heterocycles. The second-order valence-electron chi connectivity index (χ2n) is 18.3. The number of hydrogen-bond donors (Lipinski definition) is 7. The molecule has 58 heavy (non-hydrogen) atoms. The first-order valence-electron chi connectivity index (χ1n) is 21.0. The molecule has 0 aromatic heterocycles. The van der Waals surface area contributed by atoms with Crippen molar-refractivity contribution in [2.45, 2.75) is 116 Å². The molecule has 0 bridgehead atoms. The molecule has 4 fully saturated rings. The van der Waals surface area contributed by atoms with Crippen molar-refractivity contribution < 1.29 is 64.2 Å². The molecule has 5 unspecified atom stereocenters. The summed E-state index contributed by atoms with van der Waals surface area (Å²) in [5.74, 6) is -4.14. The van der Waals surface area contributed by atoms with Crippen molar-refractivity contribution in [3.8, 4) is 0 Å². The highest BCUT2D eigenvalue weighted by atomic mass is 16.4. The highest BCUT2D eigenvalue weighted by Gasteiger charge is 2.60. The number of carboxylic acid groups (broad SMARTS) is 6. The average Bonchev–Trinajstić information content (AvgIpc) is 3.47. The van der Waals surface area contributed by atoms with E-state index in [1.165, 1.54) is 30.6 Å². The van der Waals surface area contributed by atoms with Gasteiger partial charge in [-0.15, -0.1) is 0 Å². The van der Waals surface area contributed by atoms with Gasteiger partial charge >= 0.3 is 35.8 Å². The molecular formula is C41H66N4O13. The van der Waals surface area contributed by atoms with Gasteiger partial charge in [0, 0.05) is 45.1 Å². The van der Waals surface area contributed by atoms with Crippen LogP contribution in [0.1, 0.15) is 104 Å². The lowest BCUT2D eigenvalue weighted by molar-refractivity contribution is -0.146. The number of rotatable bonds is 24. The molecule has 4 saturated carbocycles. The number of aliphatic carboxylic acids is 6. The summed E-state index contributed by atoms with van der Waals surface area (Å²) in [7, 11) is 0. The summed E-state index contributed by atoms with van der Waals surface area (Å²) in [6.45, 7) is 4.07. The molecule has 17 heteroatoms. The first-order valence-corrected chi connectivity index (χ1v) is 21.0. The normalized spacial score (nSPS) is 30.2. The molecular weight excluding hydrogens is 756 g/mol. The van der Waals surface area contributed by atoms with Crippen LogP contribution in [0.5, 0.6) is 0 Å². The van der Waals surface area contributed by atoms with Crippen LogP contribution < -0.4 is 5.32 Å². The SMILES string of the molecule is CC(CCC(=O)O)[C@H]1CCC2C3CCC4C[C@@H](NC(=O)CC[C@H](C(=O)O)N(CCN(CC(=O)O)CC(=O)O)CCN(CC(=O)O)CC(=O)O)CC[C@]4(C)C3CC[C@@]21C. The van der Waals surface area contributed by atoms with Crippen molar-refractivity contribution in [1.29, 1.82) is 0 Å². The van der Waals surface area contributed by atoms with E-state index in [1.807, 2.05) is 0 Å². The van der Waals surface area contributed by atoms with Crippen LogP contribution >= 0.6 is 0 Å². The van der Waals surface area contributed by atoms with E-state index in [1.54, 1.807) is 0 Å². The number of nitrogens with zero attached hydrogens (tertiary/aromatic N) is 3. The summed E-state index contributed by atoms with van der Waals surface area (Å²) in [6, 6.07) is -1.33. The summed E-state index contributed by atoms with van der Waals surface area (Å²) in [5, 5.41) is 59.9. The van der Waals surface area contributed by atoms with Crippen molar-refractivity contribution in [2.75, 3.05) is 52.4 Å². The maximum absolute atomic E-state index is 13.4. The van der Waals surface area contributed by atoms with Crippen molar-refractivity contribution in [2.24, 2.45) is 46.3 Å². The highest BCUT2D eigenvalue weighted by molar-refractivity contribution is 5.79. The Bertz CT molecular complexity index is 1440. The van der Waals surface area contributed by atoms with Gasteiger partial charge in [0.1, 0.15) is 6.04 Å². The second kappa shape index (κ2) is 20.4. The number of nitrogens with one attached hydrogen (secondary N) is 1. The average molecular weight is 823 g/mol. The molecule has 1 amide bonds. The Morgan fingerprint density at radius 1 is 0.621 bits per heavy atom. The van der Waals surface area contributed by atoms with E-state index in [2.05, 4.69) is 26.1 Å². The van der Waals surface area contributed by atoms with E-state index in [0.29, 0.717) is 35.5 Å². The minimum Gasteiger partial charge on any atom is -0.481 e. The Balaban J connectivity index is 1.37. The topological polar surface area (TPSA) is 263 Å². The molecule has 0 heterocycles. The molecule has 10 atom stereocenters. The van der Waals surface area contributed by atoms with Gasteiger partial charge in [-0.1, -0.05) is 20.8 Å². The van der Waals surface area contributed by atoms with Crippen LogP contribution in [0, 0.1) is 46.3 Å². The van der Waals surface area contributed by atoms with Crippen LogP contribution in [-0.2, 0) is 33.6 Å². The number of hydrogen-bond acceptors (Lipinski definition) is 10. The van der Waals surface area contributed by atoms with Gasteiger partial charge < -0.3 is 36.0 Å². The maximum atomic E-state index is 13.4. The monoisotopic (exact) mass is 822 g/mol.